The van der Waals surface area contributed by atoms with E-state index in [-0.39, 0.29) is 5.97 Å². The van der Waals surface area contributed by atoms with Gasteiger partial charge in [0.05, 0.1) is 12.0 Å². The molecule has 0 aromatic heterocycles. The highest BCUT2D eigenvalue weighted by atomic mass is 32.2. The Hall–Kier alpha value is -1.22. The summed E-state index contributed by atoms with van der Waals surface area (Å²) in [5, 5.41) is 0. The van der Waals surface area contributed by atoms with Crippen molar-refractivity contribution in [2.75, 3.05) is 13.4 Å². The Kier molecular flexibility index (Phi) is 4.26. The van der Waals surface area contributed by atoms with Crippen LogP contribution in [0.15, 0.2) is 35.2 Å². The predicted molar refractivity (Wildman–Crippen MR) is 60.0 cm³/mol. The molecule has 0 aliphatic heterocycles. The molecule has 2 nitrogen and oxygen atoms in total. The number of hydrogen-bond acceptors (Lipinski definition) is 3. The van der Waals surface area contributed by atoms with Crippen LogP contribution in [0.3, 0.4) is 0 Å². The van der Waals surface area contributed by atoms with Gasteiger partial charge in [-0.1, -0.05) is 30.3 Å². The molecule has 0 unspecified atom stereocenters. The molecule has 0 aliphatic carbocycles. The number of hydrogen-bond donors (Lipinski definition) is 0. The fourth-order valence-corrected chi connectivity index (χ4v) is 1.51. The van der Waals surface area contributed by atoms with Crippen molar-refractivity contribution in [3.05, 3.63) is 40.8 Å². The minimum absolute atomic E-state index is 0.290. The second-order valence-corrected chi connectivity index (χ2v) is 3.46. The average Bonchev–Trinajstić information content (AvgIpc) is 2.26. The number of rotatable bonds is 3. The maximum Gasteiger partial charge on any atom is 0.344 e. The highest BCUT2D eigenvalue weighted by Gasteiger charge is 2.07. The fraction of sp³-hybridized carbons (Fsp3) is 0.182. The zero-order valence-electron chi connectivity index (χ0n) is 8.19. The minimum atomic E-state index is -0.290. The van der Waals surface area contributed by atoms with Crippen LogP contribution in [-0.4, -0.2) is 19.3 Å². The molecule has 0 heterocycles. The predicted octanol–water partition coefficient (Wildman–Crippen LogP) is 2.56. The maximum absolute atomic E-state index is 11.2. The smallest absolute Gasteiger partial charge is 0.344 e. The van der Waals surface area contributed by atoms with Crippen molar-refractivity contribution in [1.82, 2.24) is 0 Å². The molecule has 0 radical (unpaired) electrons. The van der Waals surface area contributed by atoms with Gasteiger partial charge in [0.25, 0.3) is 0 Å². The van der Waals surface area contributed by atoms with Crippen molar-refractivity contribution in [3.8, 4) is 0 Å². The summed E-state index contributed by atoms with van der Waals surface area (Å²) in [6.07, 6.45) is 3.67. The lowest BCUT2D eigenvalue weighted by molar-refractivity contribution is -0.135. The van der Waals surface area contributed by atoms with Crippen LogP contribution in [-0.2, 0) is 9.53 Å². The SMILES string of the molecule is COC(=O)/C(=C/c1ccccc1)SC. The summed E-state index contributed by atoms with van der Waals surface area (Å²) in [6, 6.07) is 9.69. The standard InChI is InChI=1S/C11H12O2S/c1-13-11(12)10(14-2)8-9-6-4-3-5-7-9/h3-8H,1-2H3/b10-8-. The molecule has 0 saturated carbocycles. The highest BCUT2D eigenvalue weighted by molar-refractivity contribution is 8.03. The van der Waals surface area contributed by atoms with Gasteiger partial charge in [-0.2, -0.15) is 0 Å². The molecule has 0 amide bonds. The van der Waals surface area contributed by atoms with Crippen molar-refractivity contribution in [2.45, 2.75) is 0 Å². The number of methoxy groups -OCH3 is 1. The van der Waals surface area contributed by atoms with E-state index in [1.807, 2.05) is 42.7 Å². The maximum atomic E-state index is 11.2. The molecule has 14 heavy (non-hydrogen) atoms. The van der Waals surface area contributed by atoms with E-state index in [4.69, 9.17) is 0 Å². The highest BCUT2D eigenvalue weighted by Crippen LogP contribution is 2.17. The Labute approximate surface area is 88.0 Å². The molecule has 3 heteroatoms. The second-order valence-electron chi connectivity index (χ2n) is 2.61. The lowest BCUT2D eigenvalue weighted by atomic mass is 10.2. The number of carbonyl (C=O) groups is 1. The van der Waals surface area contributed by atoms with Crippen molar-refractivity contribution < 1.29 is 9.53 Å². The fourth-order valence-electron chi connectivity index (χ4n) is 1.00. The van der Waals surface area contributed by atoms with Gasteiger partial charge in [-0.3, -0.25) is 0 Å². The molecule has 0 atom stereocenters. The first-order valence-electron chi connectivity index (χ1n) is 4.17. The Morgan fingerprint density at radius 1 is 1.36 bits per heavy atom. The lowest BCUT2D eigenvalue weighted by Gasteiger charge is -2.01. The zero-order valence-corrected chi connectivity index (χ0v) is 9.01. The Balaban J connectivity index is 2.89. The van der Waals surface area contributed by atoms with Gasteiger partial charge >= 0.3 is 5.97 Å². The van der Waals surface area contributed by atoms with Gasteiger partial charge in [-0.15, -0.1) is 11.8 Å². The topological polar surface area (TPSA) is 26.3 Å². The first-order valence-corrected chi connectivity index (χ1v) is 5.39. The number of benzene rings is 1. The van der Waals surface area contributed by atoms with Crippen molar-refractivity contribution in [3.63, 3.8) is 0 Å². The second kappa shape index (κ2) is 5.50. The van der Waals surface area contributed by atoms with Crippen LogP contribution in [0.25, 0.3) is 6.08 Å². The van der Waals surface area contributed by atoms with E-state index in [1.165, 1.54) is 18.9 Å². The van der Waals surface area contributed by atoms with Gasteiger partial charge in [-0.05, 0) is 17.9 Å². The quantitative estimate of drug-likeness (QED) is 0.564. The lowest BCUT2D eigenvalue weighted by Crippen LogP contribution is -2.01. The van der Waals surface area contributed by atoms with Crippen LogP contribution >= 0.6 is 11.8 Å². The van der Waals surface area contributed by atoms with E-state index >= 15 is 0 Å². The number of ether oxygens (including phenoxy) is 1. The molecule has 1 rings (SSSR count). The summed E-state index contributed by atoms with van der Waals surface area (Å²) in [5.41, 5.74) is 1.00. The summed E-state index contributed by atoms with van der Waals surface area (Å²) >= 11 is 1.38. The van der Waals surface area contributed by atoms with Crippen LogP contribution in [0, 0.1) is 0 Å². The Morgan fingerprint density at radius 3 is 2.50 bits per heavy atom. The molecule has 0 fully saturated rings. The molecule has 1 aromatic carbocycles. The molecule has 0 saturated heterocycles. The Bertz CT molecular complexity index is 330. The van der Waals surface area contributed by atoms with Gasteiger partial charge in [0.15, 0.2) is 0 Å². The van der Waals surface area contributed by atoms with Crippen LogP contribution < -0.4 is 0 Å². The van der Waals surface area contributed by atoms with E-state index in [9.17, 15) is 4.79 Å². The number of carbonyl (C=O) groups excluding carboxylic acids is 1. The monoisotopic (exact) mass is 208 g/mol. The summed E-state index contributed by atoms with van der Waals surface area (Å²) in [4.78, 5) is 11.8. The van der Waals surface area contributed by atoms with Crippen LogP contribution in [0.1, 0.15) is 5.56 Å². The third-order valence-electron chi connectivity index (χ3n) is 1.70. The zero-order chi connectivity index (χ0) is 10.4. The van der Waals surface area contributed by atoms with Crippen molar-refractivity contribution >= 4 is 23.8 Å². The normalized spacial score (nSPS) is 11.1. The van der Waals surface area contributed by atoms with Crippen LogP contribution in [0.5, 0.6) is 0 Å². The third-order valence-corrected chi connectivity index (χ3v) is 2.43. The van der Waals surface area contributed by atoms with Crippen molar-refractivity contribution in [1.29, 1.82) is 0 Å². The summed E-state index contributed by atoms with van der Waals surface area (Å²) in [5.74, 6) is -0.290. The molecule has 0 bridgehead atoms. The largest absolute Gasteiger partial charge is 0.465 e. The first kappa shape index (κ1) is 10.9. The van der Waals surface area contributed by atoms with E-state index in [1.54, 1.807) is 0 Å². The Morgan fingerprint density at radius 2 is 2.00 bits per heavy atom. The van der Waals surface area contributed by atoms with Gasteiger partial charge in [0.2, 0.25) is 0 Å². The van der Waals surface area contributed by atoms with E-state index in [2.05, 4.69) is 4.74 Å². The molecule has 74 valence electrons. The minimum Gasteiger partial charge on any atom is -0.465 e. The number of thioether (sulfide) groups is 1. The summed E-state index contributed by atoms with van der Waals surface area (Å²) in [7, 11) is 1.39. The summed E-state index contributed by atoms with van der Waals surface area (Å²) in [6.45, 7) is 0. The van der Waals surface area contributed by atoms with Crippen molar-refractivity contribution in [2.24, 2.45) is 0 Å². The molecule has 1 aromatic rings. The summed E-state index contributed by atoms with van der Waals surface area (Å²) < 4.78 is 4.65. The molecular formula is C11H12O2S. The van der Waals surface area contributed by atoms with E-state index in [0.29, 0.717) is 4.91 Å². The van der Waals surface area contributed by atoms with Gasteiger partial charge in [0.1, 0.15) is 0 Å². The van der Waals surface area contributed by atoms with Crippen LogP contribution in [0.4, 0.5) is 0 Å². The van der Waals surface area contributed by atoms with Gasteiger partial charge in [0, 0.05) is 0 Å². The van der Waals surface area contributed by atoms with Gasteiger partial charge in [-0.25, -0.2) is 4.79 Å². The van der Waals surface area contributed by atoms with E-state index < -0.39 is 0 Å². The molecule has 0 spiro atoms. The average molecular weight is 208 g/mol. The van der Waals surface area contributed by atoms with Gasteiger partial charge < -0.3 is 4.74 Å². The number of esters is 1. The molecule has 0 aliphatic rings. The third kappa shape index (κ3) is 2.92. The first-order chi connectivity index (χ1) is 6.77. The van der Waals surface area contributed by atoms with Crippen LogP contribution in [0.2, 0.25) is 0 Å². The molecule has 0 N–H and O–H groups in total. The molecular weight excluding hydrogens is 196 g/mol. The van der Waals surface area contributed by atoms with E-state index in [0.717, 1.165) is 5.56 Å².